The van der Waals surface area contributed by atoms with Crippen LogP contribution in [-0.2, 0) is 9.59 Å². The van der Waals surface area contributed by atoms with Gasteiger partial charge in [-0.3, -0.25) is 9.69 Å². The number of hydrogen-bond acceptors (Lipinski definition) is 8. The van der Waals surface area contributed by atoms with Gasteiger partial charge in [-0.2, -0.15) is 0 Å². The third kappa shape index (κ3) is 2.56. The fraction of sp³-hybridized carbons (Fsp3) is 0.455. The van der Waals surface area contributed by atoms with Crippen molar-refractivity contribution in [3.8, 4) is 0 Å². The zero-order chi connectivity index (χ0) is 15.1. The molecule has 3 heterocycles. The summed E-state index contributed by atoms with van der Waals surface area (Å²) in [4.78, 5) is 24.6. The number of aromatic nitrogens is 2. The highest BCUT2D eigenvalue weighted by molar-refractivity contribution is 8.01. The normalized spacial score (nSPS) is 24.9. The number of nitrogens with zero attached hydrogens (tertiary/aromatic N) is 3. The van der Waals surface area contributed by atoms with E-state index in [0.717, 1.165) is 14.9 Å². The van der Waals surface area contributed by atoms with Gasteiger partial charge >= 0.3 is 5.97 Å². The van der Waals surface area contributed by atoms with Crippen LogP contribution in [0.1, 0.15) is 5.01 Å². The smallest absolute Gasteiger partial charge is 0.352 e. The minimum atomic E-state index is -1.08. The van der Waals surface area contributed by atoms with Crippen LogP contribution >= 0.6 is 34.9 Å². The van der Waals surface area contributed by atoms with E-state index in [9.17, 15) is 14.7 Å². The number of β-lactam (4-membered cyclic amide) rings is 1. The van der Waals surface area contributed by atoms with E-state index >= 15 is 0 Å². The highest BCUT2D eigenvalue weighted by Crippen LogP contribution is 2.40. The van der Waals surface area contributed by atoms with Gasteiger partial charge in [-0.25, -0.2) is 4.79 Å². The summed E-state index contributed by atoms with van der Waals surface area (Å²) < 4.78 is 0.795. The van der Waals surface area contributed by atoms with Crippen molar-refractivity contribution < 1.29 is 14.7 Å². The van der Waals surface area contributed by atoms with E-state index in [1.807, 2.05) is 6.92 Å². The first-order valence-corrected chi connectivity index (χ1v) is 8.92. The first kappa shape index (κ1) is 14.8. The van der Waals surface area contributed by atoms with Gasteiger partial charge in [-0.15, -0.1) is 22.0 Å². The number of carboxylic acids is 1. The van der Waals surface area contributed by atoms with E-state index in [0.29, 0.717) is 11.5 Å². The number of nitrogens with two attached hydrogens (primary N) is 1. The standard InChI is InChI=1S/C11H12N4O3S3/c1-4-13-14-11(21-4)20-3-5-2-19-9-6(12)8(16)15(9)7(5)10(17)18/h6,9H,2-3,12H2,1H3,(H,17,18)/t6-,9?/m0/s1. The summed E-state index contributed by atoms with van der Waals surface area (Å²) in [5.41, 5.74) is 6.51. The van der Waals surface area contributed by atoms with Crippen LogP contribution in [0.15, 0.2) is 15.6 Å². The summed E-state index contributed by atoms with van der Waals surface area (Å²) in [6, 6.07) is -0.593. The minimum absolute atomic E-state index is 0.0826. The lowest BCUT2D eigenvalue weighted by molar-refractivity contribution is -0.147. The Hall–Kier alpha value is -1.10. The molecule has 0 bridgehead atoms. The Morgan fingerprint density at radius 1 is 1.57 bits per heavy atom. The number of thioether (sulfide) groups is 2. The Balaban J connectivity index is 1.81. The quantitative estimate of drug-likeness (QED) is 0.601. The highest BCUT2D eigenvalue weighted by atomic mass is 32.2. The number of fused-ring (bicyclic) bond motifs is 1. The fourth-order valence-corrected chi connectivity index (χ4v) is 5.42. The first-order valence-electron chi connectivity index (χ1n) is 6.07. The number of aryl methyl sites for hydroxylation is 1. The topological polar surface area (TPSA) is 109 Å². The molecule has 7 nitrogen and oxygen atoms in total. The molecular weight excluding hydrogens is 332 g/mol. The monoisotopic (exact) mass is 344 g/mol. The Morgan fingerprint density at radius 2 is 2.33 bits per heavy atom. The summed E-state index contributed by atoms with van der Waals surface area (Å²) in [5.74, 6) is -0.354. The largest absolute Gasteiger partial charge is 0.477 e. The lowest BCUT2D eigenvalue weighted by Gasteiger charge is -2.48. The second-order valence-electron chi connectivity index (χ2n) is 4.57. The first-order chi connectivity index (χ1) is 9.99. The average Bonchev–Trinajstić information content (AvgIpc) is 2.88. The molecule has 2 atom stereocenters. The molecule has 2 aliphatic heterocycles. The van der Waals surface area contributed by atoms with E-state index in [1.165, 1.54) is 39.8 Å². The summed E-state index contributed by atoms with van der Waals surface area (Å²) >= 11 is 4.41. The number of carbonyl (C=O) groups excluding carboxylic acids is 1. The van der Waals surface area contributed by atoms with Gasteiger partial charge in [0.15, 0.2) is 4.34 Å². The Morgan fingerprint density at radius 3 is 2.95 bits per heavy atom. The summed E-state index contributed by atoms with van der Waals surface area (Å²) in [7, 11) is 0. The molecule has 1 aromatic rings. The lowest BCUT2D eigenvalue weighted by atomic mass is 10.0. The van der Waals surface area contributed by atoms with Crippen LogP contribution in [-0.4, -0.2) is 55.0 Å². The fourth-order valence-electron chi connectivity index (χ4n) is 2.18. The maximum Gasteiger partial charge on any atom is 0.352 e. The zero-order valence-electron chi connectivity index (χ0n) is 11.0. The van der Waals surface area contributed by atoms with Crippen molar-refractivity contribution in [2.45, 2.75) is 22.7 Å². The Kier molecular flexibility index (Phi) is 3.95. The van der Waals surface area contributed by atoms with Gasteiger partial charge in [0, 0.05) is 11.5 Å². The molecule has 0 radical (unpaired) electrons. The van der Waals surface area contributed by atoms with Crippen molar-refractivity contribution in [2.75, 3.05) is 11.5 Å². The van der Waals surface area contributed by atoms with Crippen molar-refractivity contribution >= 4 is 46.7 Å². The van der Waals surface area contributed by atoms with Crippen molar-refractivity contribution in [3.05, 3.63) is 16.3 Å². The van der Waals surface area contributed by atoms with Crippen LogP contribution in [0.5, 0.6) is 0 Å². The van der Waals surface area contributed by atoms with Crippen molar-refractivity contribution in [3.63, 3.8) is 0 Å². The Labute approximate surface area is 133 Å². The minimum Gasteiger partial charge on any atom is -0.477 e. The zero-order valence-corrected chi connectivity index (χ0v) is 13.4. The summed E-state index contributed by atoms with van der Waals surface area (Å²) in [6.45, 7) is 1.87. The maximum absolute atomic E-state index is 11.8. The number of aliphatic carboxylic acids is 1. The van der Waals surface area contributed by atoms with E-state index in [-0.39, 0.29) is 17.0 Å². The van der Waals surface area contributed by atoms with Gasteiger partial charge in [0.25, 0.3) is 0 Å². The van der Waals surface area contributed by atoms with Crippen LogP contribution in [0.3, 0.4) is 0 Å². The van der Waals surface area contributed by atoms with E-state index < -0.39 is 12.0 Å². The van der Waals surface area contributed by atoms with E-state index in [1.54, 1.807) is 0 Å². The number of hydrogen-bond donors (Lipinski definition) is 2. The predicted molar refractivity (Wildman–Crippen MR) is 81.1 cm³/mol. The number of rotatable bonds is 4. The molecule has 10 heteroatoms. The number of carbonyl (C=O) groups is 2. The number of amides is 1. The van der Waals surface area contributed by atoms with Gasteiger partial charge in [0.05, 0.1) is 0 Å². The molecule has 1 aromatic heterocycles. The second-order valence-corrected chi connectivity index (χ2v) is 8.08. The molecule has 3 N–H and O–H groups in total. The average molecular weight is 344 g/mol. The molecule has 2 aliphatic rings. The van der Waals surface area contributed by atoms with Crippen LogP contribution in [0, 0.1) is 6.92 Å². The molecule has 1 amide bonds. The van der Waals surface area contributed by atoms with E-state index in [4.69, 9.17) is 5.73 Å². The molecule has 0 saturated carbocycles. The SMILES string of the molecule is Cc1nnc(SCC2=C(C(=O)O)N3C(=O)[C@H](N)C3SC2)s1. The number of carboxylic acid groups (broad SMARTS) is 1. The molecular formula is C11H12N4O3S3. The molecule has 0 spiro atoms. The summed E-state index contributed by atoms with van der Waals surface area (Å²) in [6.07, 6.45) is 0. The highest BCUT2D eigenvalue weighted by Gasteiger charge is 2.51. The third-order valence-electron chi connectivity index (χ3n) is 3.17. The van der Waals surface area contributed by atoms with Crippen molar-refractivity contribution in [1.29, 1.82) is 0 Å². The summed E-state index contributed by atoms with van der Waals surface area (Å²) in [5, 5.41) is 17.9. The van der Waals surface area contributed by atoms with Gasteiger partial charge in [-0.1, -0.05) is 23.1 Å². The molecule has 0 aliphatic carbocycles. The van der Waals surface area contributed by atoms with Crippen LogP contribution in [0.2, 0.25) is 0 Å². The van der Waals surface area contributed by atoms with Gasteiger partial charge in [0.1, 0.15) is 22.1 Å². The van der Waals surface area contributed by atoms with E-state index in [2.05, 4.69) is 10.2 Å². The van der Waals surface area contributed by atoms with Crippen LogP contribution in [0.4, 0.5) is 0 Å². The maximum atomic E-state index is 11.8. The third-order valence-corrected chi connectivity index (χ3v) is 6.59. The molecule has 1 fully saturated rings. The van der Waals surface area contributed by atoms with Gasteiger partial charge < -0.3 is 10.8 Å². The van der Waals surface area contributed by atoms with Crippen molar-refractivity contribution in [2.24, 2.45) is 5.73 Å². The molecule has 1 saturated heterocycles. The van der Waals surface area contributed by atoms with Gasteiger partial charge in [0.2, 0.25) is 5.91 Å². The molecule has 21 heavy (non-hydrogen) atoms. The van der Waals surface area contributed by atoms with Crippen molar-refractivity contribution in [1.82, 2.24) is 15.1 Å². The Bertz CT molecular complexity index is 644. The second kappa shape index (κ2) is 5.59. The predicted octanol–water partition coefficient (Wildman–Crippen LogP) is 0.520. The molecule has 0 aromatic carbocycles. The van der Waals surface area contributed by atoms with Crippen LogP contribution < -0.4 is 5.73 Å². The van der Waals surface area contributed by atoms with Gasteiger partial charge in [-0.05, 0) is 12.5 Å². The lowest BCUT2D eigenvalue weighted by Crippen LogP contribution is -2.68. The molecule has 1 unspecified atom stereocenters. The van der Waals surface area contributed by atoms with Crippen LogP contribution in [0.25, 0.3) is 0 Å². The molecule has 112 valence electrons. The molecule has 3 rings (SSSR count).